The maximum absolute atomic E-state index is 12.8. The molecule has 0 N–H and O–H groups in total. The lowest BCUT2D eigenvalue weighted by Crippen LogP contribution is -2.13. The van der Waals surface area contributed by atoms with Gasteiger partial charge in [-0.3, -0.25) is 4.79 Å². The molecule has 0 saturated carbocycles. The first kappa shape index (κ1) is 19.3. The Morgan fingerprint density at radius 1 is 1.07 bits per heavy atom. The standard InChI is InChI=1S/C21H20O7/c1-12-15(27-11-18(22)25-3)9-8-14-19(23)17(28-20(12)14)10-13-6-5-7-16(24-2)21(13)26-4/h5-10H,11H2,1-4H3/b17-10-. The molecule has 0 aliphatic carbocycles. The highest BCUT2D eigenvalue weighted by molar-refractivity contribution is 6.15. The second kappa shape index (κ2) is 8.04. The van der Waals surface area contributed by atoms with Crippen LogP contribution in [0, 0.1) is 6.92 Å². The molecule has 1 heterocycles. The highest BCUT2D eigenvalue weighted by Crippen LogP contribution is 2.40. The first-order valence-electron chi connectivity index (χ1n) is 8.48. The minimum Gasteiger partial charge on any atom is -0.493 e. The van der Waals surface area contributed by atoms with E-state index in [9.17, 15) is 9.59 Å². The number of allylic oxidation sites excluding steroid dienone is 1. The summed E-state index contributed by atoms with van der Waals surface area (Å²) < 4.78 is 26.5. The van der Waals surface area contributed by atoms with E-state index < -0.39 is 5.97 Å². The molecule has 28 heavy (non-hydrogen) atoms. The van der Waals surface area contributed by atoms with Crippen LogP contribution < -0.4 is 18.9 Å². The van der Waals surface area contributed by atoms with Gasteiger partial charge in [0.15, 0.2) is 23.9 Å². The molecule has 0 spiro atoms. The predicted octanol–water partition coefficient (Wildman–Crippen LogP) is 3.18. The number of benzene rings is 2. The lowest BCUT2D eigenvalue weighted by atomic mass is 10.1. The molecule has 146 valence electrons. The monoisotopic (exact) mass is 384 g/mol. The quantitative estimate of drug-likeness (QED) is 0.559. The number of para-hydroxylation sites is 1. The molecule has 0 bridgehead atoms. The molecule has 0 atom stereocenters. The van der Waals surface area contributed by atoms with E-state index in [1.165, 1.54) is 14.2 Å². The maximum atomic E-state index is 12.8. The average molecular weight is 384 g/mol. The van der Waals surface area contributed by atoms with Crippen molar-refractivity contribution in [3.05, 3.63) is 52.8 Å². The lowest BCUT2D eigenvalue weighted by Gasteiger charge is -2.11. The van der Waals surface area contributed by atoms with Crippen molar-refractivity contribution >= 4 is 17.8 Å². The fourth-order valence-corrected chi connectivity index (χ4v) is 2.89. The maximum Gasteiger partial charge on any atom is 0.343 e. The first-order chi connectivity index (χ1) is 13.5. The summed E-state index contributed by atoms with van der Waals surface area (Å²) in [5.74, 6) is 1.32. The van der Waals surface area contributed by atoms with Crippen LogP contribution in [0.25, 0.3) is 6.08 Å². The van der Waals surface area contributed by atoms with Gasteiger partial charge in [-0.25, -0.2) is 4.79 Å². The van der Waals surface area contributed by atoms with Gasteiger partial charge in [-0.2, -0.15) is 0 Å². The summed E-state index contributed by atoms with van der Waals surface area (Å²) in [6, 6.07) is 8.60. The molecule has 1 aliphatic rings. The molecule has 0 fully saturated rings. The van der Waals surface area contributed by atoms with E-state index in [0.29, 0.717) is 39.7 Å². The number of esters is 1. The van der Waals surface area contributed by atoms with Crippen molar-refractivity contribution in [2.24, 2.45) is 0 Å². The number of hydrogen-bond donors (Lipinski definition) is 0. The van der Waals surface area contributed by atoms with Crippen molar-refractivity contribution < 1.29 is 33.3 Å². The number of carbonyl (C=O) groups is 2. The van der Waals surface area contributed by atoms with Crippen molar-refractivity contribution in [3.8, 4) is 23.0 Å². The number of rotatable bonds is 6. The van der Waals surface area contributed by atoms with Gasteiger partial charge in [-0.1, -0.05) is 12.1 Å². The van der Waals surface area contributed by atoms with Crippen molar-refractivity contribution in [2.45, 2.75) is 6.92 Å². The summed E-state index contributed by atoms with van der Waals surface area (Å²) in [5, 5.41) is 0. The van der Waals surface area contributed by atoms with Gasteiger partial charge in [-0.05, 0) is 31.2 Å². The minimum atomic E-state index is -0.498. The van der Waals surface area contributed by atoms with E-state index in [1.807, 2.05) is 0 Å². The van der Waals surface area contributed by atoms with Gasteiger partial charge in [0, 0.05) is 11.1 Å². The third-order valence-corrected chi connectivity index (χ3v) is 4.33. The zero-order chi connectivity index (χ0) is 20.3. The van der Waals surface area contributed by atoms with E-state index in [0.717, 1.165) is 0 Å². The number of methoxy groups -OCH3 is 3. The highest BCUT2D eigenvalue weighted by atomic mass is 16.6. The summed E-state index contributed by atoms with van der Waals surface area (Å²) in [5.41, 5.74) is 1.70. The molecule has 0 aromatic heterocycles. The van der Waals surface area contributed by atoms with Crippen molar-refractivity contribution in [3.63, 3.8) is 0 Å². The van der Waals surface area contributed by atoms with Gasteiger partial charge >= 0.3 is 5.97 Å². The average Bonchev–Trinajstić information content (AvgIpc) is 3.03. The molecular weight excluding hydrogens is 364 g/mol. The van der Waals surface area contributed by atoms with Crippen LogP contribution in [0.5, 0.6) is 23.0 Å². The van der Waals surface area contributed by atoms with Crippen LogP contribution in [0.15, 0.2) is 36.1 Å². The molecule has 7 nitrogen and oxygen atoms in total. The van der Waals surface area contributed by atoms with Crippen LogP contribution in [-0.2, 0) is 9.53 Å². The summed E-state index contributed by atoms with van der Waals surface area (Å²) >= 11 is 0. The van der Waals surface area contributed by atoms with Crippen LogP contribution in [0.4, 0.5) is 0 Å². The van der Waals surface area contributed by atoms with E-state index in [-0.39, 0.29) is 18.1 Å². The Labute approximate surface area is 162 Å². The Kier molecular flexibility index (Phi) is 5.54. The Bertz CT molecular complexity index is 959. The number of ketones is 1. The molecule has 7 heteroatoms. The molecule has 0 amide bonds. The zero-order valence-electron chi connectivity index (χ0n) is 16.0. The summed E-state index contributed by atoms with van der Waals surface area (Å²) in [7, 11) is 4.36. The van der Waals surface area contributed by atoms with E-state index in [1.54, 1.807) is 50.4 Å². The largest absolute Gasteiger partial charge is 0.493 e. The Morgan fingerprint density at radius 2 is 1.86 bits per heavy atom. The number of carbonyl (C=O) groups excluding carboxylic acids is 2. The number of fused-ring (bicyclic) bond motifs is 1. The number of Topliss-reactive ketones (excluding diaryl/α,β-unsaturated/α-hetero) is 1. The smallest absolute Gasteiger partial charge is 0.343 e. The van der Waals surface area contributed by atoms with Gasteiger partial charge in [0.05, 0.1) is 26.9 Å². The van der Waals surface area contributed by atoms with Crippen LogP contribution in [0.2, 0.25) is 0 Å². The van der Waals surface area contributed by atoms with E-state index in [2.05, 4.69) is 4.74 Å². The van der Waals surface area contributed by atoms with Gasteiger partial charge in [0.1, 0.15) is 11.5 Å². The number of ether oxygens (including phenoxy) is 5. The second-order valence-electron chi connectivity index (χ2n) is 5.95. The normalized spacial score (nSPS) is 13.7. The molecule has 1 aliphatic heterocycles. The summed E-state index contributed by atoms with van der Waals surface area (Å²) in [4.78, 5) is 24.0. The Balaban J connectivity index is 1.93. The van der Waals surface area contributed by atoms with Crippen LogP contribution >= 0.6 is 0 Å². The molecular formula is C21H20O7. The Morgan fingerprint density at radius 3 is 2.54 bits per heavy atom. The van der Waals surface area contributed by atoms with Crippen LogP contribution in [-0.4, -0.2) is 39.7 Å². The third-order valence-electron chi connectivity index (χ3n) is 4.33. The van der Waals surface area contributed by atoms with Crippen molar-refractivity contribution in [2.75, 3.05) is 27.9 Å². The van der Waals surface area contributed by atoms with E-state index >= 15 is 0 Å². The van der Waals surface area contributed by atoms with Crippen LogP contribution in [0.3, 0.4) is 0 Å². The predicted molar refractivity (Wildman–Crippen MR) is 101 cm³/mol. The molecule has 2 aromatic rings. The minimum absolute atomic E-state index is 0.162. The van der Waals surface area contributed by atoms with Crippen molar-refractivity contribution in [1.29, 1.82) is 0 Å². The van der Waals surface area contributed by atoms with Crippen LogP contribution in [0.1, 0.15) is 21.5 Å². The molecule has 0 unspecified atom stereocenters. The molecule has 0 radical (unpaired) electrons. The number of hydrogen-bond acceptors (Lipinski definition) is 7. The van der Waals surface area contributed by atoms with Gasteiger partial charge < -0.3 is 23.7 Å². The zero-order valence-corrected chi connectivity index (χ0v) is 16.0. The second-order valence-corrected chi connectivity index (χ2v) is 5.95. The topological polar surface area (TPSA) is 80.3 Å². The first-order valence-corrected chi connectivity index (χ1v) is 8.48. The summed E-state index contributed by atoms with van der Waals surface area (Å²) in [6.45, 7) is 1.53. The lowest BCUT2D eigenvalue weighted by molar-refractivity contribution is -0.142. The fraction of sp³-hybridized carbons (Fsp3) is 0.238. The third kappa shape index (κ3) is 3.51. The van der Waals surface area contributed by atoms with Gasteiger partial charge in [0.25, 0.3) is 0 Å². The van der Waals surface area contributed by atoms with E-state index in [4.69, 9.17) is 18.9 Å². The highest BCUT2D eigenvalue weighted by Gasteiger charge is 2.30. The molecule has 3 rings (SSSR count). The van der Waals surface area contributed by atoms with Gasteiger partial charge in [-0.15, -0.1) is 0 Å². The Hall–Kier alpha value is -3.48. The van der Waals surface area contributed by atoms with Crippen molar-refractivity contribution in [1.82, 2.24) is 0 Å². The molecule has 0 saturated heterocycles. The molecule has 2 aromatic carbocycles. The SMILES string of the molecule is COC(=O)COc1ccc2c(c1C)O/C(=C\c1cccc(OC)c1OC)C2=O. The van der Waals surface area contributed by atoms with Gasteiger partial charge in [0.2, 0.25) is 5.78 Å². The fourth-order valence-electron chi connectivity index (χ4n) is 2.89. The summed E-state index contributed by atoms with van der Waals surface area (Å²) in [6.07, 6.45) is 1.61.